The molecule has 0 amide bonds. The summed E-state index contributed by atoms with van der Waals surface area (Å²) in [6.45, 7) is 0. The lowest BCUT2D eigenvalue weighted by molar-refractivity contribution is 0.415. The highest BCUT2D eigenvalue weighted by molar-refractivity contribution is 7.80. The SMILES string of the molecule is S=C(Nc1nc(-c2cccs2)cs1)NC1CCCCC1. The van der Waals surface area contributed by atoms with Gasteiger partial charge in [-0.1, -0.05) is 25.3 Å². The third kappa shape index (κ3) is 3.56. The average Bonchev–Trinajstić information content (AvgIpc) is 3.10. The summed E-state index contributed by atoms with van der Waals surface area (Å²) in [6.07, 6.45) is 6.41. The van der Waals surface area contributed by atoms with Crippen molar-refractivity contribution in [2.75, 3.05) is 5.32 Å². The fourth-order valence-corrected chi connectivity index (χ4v) is 4.24. The molecule has 0 unspecified atom stereocenters. The first-order valence-corrected chi connectivity index (χ1v) is 9.05. The van der Waals surface area contributed by atoms with E-state index in [2.05, 4.69) is 32.4 Å². The summed E-state index contributed by atoms with van der Waals surface area (Å²) >= 11 is 8.67. The van der Waals surface area contributed by atoms with Crippen molar-refractivity contribution in [2.24, 2.45) is 0 Å². The number of rotatable bonds is 3. The van der Waals surface area contributed by atoms with E-state index >= 15 is 0 Å². The van der Waals surface area contributed by atoms with E-state index in [0.717, 1.165) is 10.8 Å². The quantitative estimate of drug-likeness (QED) is 0.816. The average molecular weight is 324 g/mol. The van der Waals surface area contributed by atoms with Gasteiger partial charge in [-0.05, 0) is 36.5 Å². The molecule has 1 saturated carbocycles. The van der Waals surface area contributed by atoms with Crippen LogP contribution in [-0.4, -0.2) is 16.1 Å². The van der Waals surface area contributed by atoms with E-state index in [1.165, 1.54) is 37.0 Å². The minimum atomic E-state index is 0.528. The Bertz CT molecular complexity index is 556. The molecule has 2 heterocycles. The van der Waals surface area contributed by atoms with E-state index in [-0.39, 0.29) is 0 Å². The van der Waals surface area contributed by atoms with Crippen LogP contribution in [0.15, 0.2) is 22.9 Å². The molecule has 2 N–H and O–H groups in total. The normalized spacial score (nSPS) is 16.0. The molecule has 106 valence electrons. The Morgan fingerprint density at radius 3 is 2.85 bits per heavy atom. The highest BCUT2D eigenvalue weighted by Gasteiger charge is 2.14. The van der Waals surface area contributed by atoms with Crippen molar-refractivity contribution < 1.29 is 0 Å². The maximum absolute atomic E-state index is 5.37. The molecule has 0 saturated heterocycles. The van der Waals surface area contributed by atoms with Gasteiger partial charge in [-0.15, -0.1) is 22.7 Å². The van der Waals surface area contributed by atoms with E-state index in [0.29, 0.717) is 11.2 Å². The first kappa shape index (κ1) is 14.0. The maximum Gasteiger partial charge on any atom is 0.189 e. The summed E-state index contributed by atoms with van der Waals surface area (Å²) in [4.78, 5) is 5.77. The van der Waals surface area contributed by atoms with Gasteiger partial charge in [0.05, 0.1) is 10.6 Å². The standard InChI is InChI=1S/C14H17N3S3/c18-13(15-10-5-2-1-3-6-10)17-14-16-11(9-20-14)12-7-4-8-19-12/h4,7-10H,1-3,5-6H2,(H2,15,16,17,18). The molecule has 0 aliphatic heterocycles. The molecule has 3 nitrogen and oxygen atoms in total. The van der Waals surface area contributed by atoms with Crippen molar-refractivity contribution in [3.63, 3.8) is 0 Å². The van der Waals surface area contributed by atoms with Gasteiger partial charge < -0.3 is 10.6 Å². The molecular formula is C14H17N3S3. The van der Waals surface area contributed by atoms with Crippen LogP contribution in [0.5, 0.6) is 0 Å². The Hall–Kier alpha value is -0.980. The third-order valence-electron chi connectivity index (χ3n) is 3.44. The number of thiazole rings is 1. The summed E-state index contributed by atoms with van der Waals surface area (Å²) in [5, 5.41) is 12.3. The molecule has 2 aromatic heterocycles. The molecule has 6 heteroatoms. The van der Waals surface area contributed by atoms with Gasteiger partial charge in [0.25, 0.3) is 0 Å². The first-order chi connectivity index (χ1) is 9.81. The van der Waals surface area contributed by atoms with E-state index < -0.39 is 0 Å². The number of thiophene rings is 1. The third-order valence-corrected chi connectivity index (χ3v) is 5.31. The summed E-state index contributed by atoms with van der Waals surface area (Å²) < 4.78 is 0. The monoisotopic (exact) mass is 323 g/mol. The minimum absolute atomic E-state index is 0.528. The van der Waals surface area contributed by atoms with Crippen LogP contribution in [0.1, 0.15) is 32.1 Å². The Labute approximate surface area is 132 Å². The molecular weight excluding hydrogens is 306 g/mol. The van der Waals surface area contributed by atoms with Crippen LogP contribution >= 0.6 is 34.9 Å². The molecule has 0 aromatic carbocycles. The van der Waals surface area contributed by atoms with Crippen molar-refractivity contribution >= 4 is 45.1 Å². The second kappa shape index (κ2) is 6.65. The van der Waals surface area contributed by atoms with E-state index in [1.54, 1.807) is 22.7 Å². The van der Waals surface area contributed by atoms with Gasteiger partial charge in [0.15, 0.2) is 10.2 Å². The van der Waals surface area contributed by atoms with Crippen LogP contribution in [0.2, 0.25) is 0 Å². The van der Waals surface area contributed by atoms with Crippen LogP contribution < -0.4 is 10.6 Å². The highest BCUT2D eigenvalue weighted by Crippen LogP contribution is 2.28. The largest absolute Gasteiger partial charge is 0.360 e. The lowest BCUT2D eigenvalue weighted by Crippen LogP contribution is -2.38. The van der Waals surface area contributed by atoms with Crippen molar-refractivity contribution in [3.8, 4) is 10.6 Å². The molecule has 0 spiro atoms. The van der Waals surface area contributed by atoms with Crippen LogP contribution in [0.25, 0.3) is 10.6 Å². The summed E-state index contributed by atoms with van der Waals surface area (Å²) in [6, 6.07) is 4.66. The highest BCUT2D eigenvalue weighted by atomic mass is 32.1. The Morgan fingerprint density at radius 2 is 2.10 bits per heavy atom. The fourth-order valence-electron chi connectivity index (χ4n) is 2.43. The summed E-state index contributed by atoms with van der Waals surface area (Å²) in [5.74, 6) is 0. The number of anilines is 1. The number of hydrogen-bond acceptors (Lipinski definition) is 4. The predicted octanol–water partition coefficient (Wildman–Crippen LogP) is 4.49. The summed E-state index contributed by atoms with van der Waals surface area (Å²) in [7, 11) is 0. The van der Waals surface area contributed by atoms with Crippen molar-refractivity contribution in [1.82, 2.24) is 10.3 Å². The van der Waals surface area contributed by atoms with Gasteiger partial charge in [0.2, 0.25) is 0 Å². The maximum atomic E-state index is 5.37. The van der Waals surface area contributed by atoms with Crippen LogP contribution in [0.3, 0.4) is 0 Å². The number of nitrogens with zero attached hydrogens (tertiary/aromatic N) is 1. The minimum Gasteiger partial charge on any atom is -0.360 e. The van der Waals surface area contributed by atoms with E-state index in [1.807, 2.05) is 6.07 Å². The van der Waals surface area contributed by atoms with Gasteiger partial charge in [0, 0.05) is 11.4 Å². The number of hydrogen-bond donors (Lipinski definition) is 2. The van der Waals surface area contributed by atoms with Crippen molar-refractivity contribution in [2.45, 2.75) is 38.1 Å². The van der Waals surface area contributed by atoms with Crippen LogP contribution in [0.4, 0.5) is 5.13 Å². The number of nitrogens with one attached hydrogen (secondary N) is 2. The van der Waals surface area contributed by atoms with Crippen LogP contribution in [0, 0.1) is 0 Å². The molecule has 1 fully saturated rings. The van der Waals surface area contributed by atoms with Gasteiger partial charge >= 0.3 is 0 Å². The zero-order valence-electron chi connectivity index (χ0n) is 11.1. The van der Waals surface area contributed by atoms with Gasteiger partial charge in [0.1, 0.15) is 0 Å². The van der Waals surface area contributed by atoms with Gasteiger partial charge in [-0.2, -0.15) is 0 Å². The molecule has 1 aliphatic carbocycles. The van der Waals surface area contributed by atoms with E-state index in [9.17, 15) is 0 Å². The molecule has 0 bridgehead atoms. The molecule has 3 rings (SSSR count). The Balaban J connectivity index is 1.56. The molecule has 1 aliphatic rings. The second-order valence-corrected chi connectivity index (χ2v) is 7.16. The predicted molar refractivity (Wildman–Crippen MR) is 91.7 cm³/mol. The fraction of sp³-hybridized carbons (Fsp3) is 0.429. The topological polar surface area (TPSA) is 37.0 Å². The lowest BCUT2D eigenvalue weighted by Gasteiger charge is -2.23. The number of thiocarbonyl (C=S) groups is 1. The van der Waals surface area contributed by atoms with Crippen molar-refractivity contribution in [3.05, 3.63) is 22.9 Å². The van der Waals surface area contributed by atoms with E-state index in [4.69, 9.17) is 12.2 Å². The zero-order chi connectivity index (χ0) is 13.8. The second-order valence-electron chi connectivity index (χ2n) is 4.95. The molecule has 0 radical (unpaired) electrons. The lowest BCUT2D eigenvalue weighted by atomic mass is 9.96. The molecule has 0 atom stereocenters. The van der Waals surface area contributed by atoms with Crippen molar-refractivity contribution in [1.29, 1.82) is 0 Å². The Morgan fingerprint density at radius 1 is 1.25 bits per heavy atom. The summed E-state index contributed by atoms with van der Waals surface area (Å²) in [5.41, 5.74) is 1.02. The molecule has 20 heavy (non-hydrogen) atoms. The van der Waals surface area contributed by atoms with Gasteiger partial charge in [-0.25, -0.2) is 4.98 Å². The van der Waals surface area contributed by atoms with Crippen LogP contribution in [-0.2, 0) is 0 Å². The van der Waals surface area contributed by atoms with Gasteiger partial charge in [-0.3, -0.25) is 0 Å². The number of aromatic nitrogens is 1. The zero-order valence-corrected chi connectivity index (χ0v) is 13.5. The smallest absolute Gasteiger partial charge is 0.189 e. The molecule has 2 aromatic rings. The first-order valence-electron chi connectivity index (χ1n) is 6.88. The Kier molecular flexibility index (Phi) is 4.65.